The predicted molar refractivity (Wildman–Crippen MR) is 75.3 cm³/mol. The second kappa shape index (κ2) is 7.04. The van der Waals surface area contributed by atoms with E-state index in [0.29, 0.717) is 12.8 Å². The monoisotopic (exact) mass is 283 g/mol. The molecule has 2 aliphatic heterocycles. The fraction of sp³-hybridized carbons (Fsp3) is 0.857. The van der Waals surface area contributed by atoms with Crippen molar-refractivity contribution in [2.75, 3.05) is 39.8 Å². The fourth-order valence-electron chi connectivity index (χ4n) is 2.93. The maximum absolute atomic E-state index is 12.3. The molecule has 0 aromatic heterocycles. The van der Waals surface area contributed by atoms with Crippen molar-refractivity contribution in [3.05, 3.63) is 0 Å². The van der Waals surface area contributed by atoms with Crippen molar-refractivity contribution < 1.29 is 14.3 Å². The van der Waals surface area contributed by atoms with E-state index in [2.05, 4.69) is 10.6 Å². The Morgan fingerprint density at radius 2 is 1.85 bits per heavy atom. The van der Waals surface area contributed by atoms with Gasteiger partial charge < -0.3 is 20.3 Å². The number of rotatable bonds is 4. The molecular formula is C14H25N3O3. The van der Waals surface area contributed by atoms with Gasteiger partial charge in [-0.1, -0.05) is 0 Å². The molecule has 2 amide bonds. The van der Waals surface area contributed by atoms with Crippen molar-refractivity contribution in [1.29, 1.82) is 0 Å². The number of ether oxygens (including phenoxy) is 1. The number of nitrogens with zero attached hydrogens (tertiary/aromatic N) is 1. The molecule has 0 unspecified atom stereocenters. The summed E-state index contributed by atoms with van der Waals surface area (Å²) in [7, 11) is 1.57. The van der Waals surface area contributed by atoms with E-state index in [9.17, 15) is 9.59 Å². The third kappa shape index (κ3) is 3.49. The summed E-state index contributed by atoms with van der Waals surface area (Å²) >= 11 is 0. The van der Waals surface area contributed by atoms with Gasteiger partial charge in [0.25, 0.3) is 5.91 Å². The molecule has 0 atom stereocenters. The normalized spacial score (nSPS) is 22.4. The molecule has 2 rings (SSSR count). The van der Waals surface area contributed by atoms with E-state index >= 15 is 0 Å². The van der Waals surface area contributed by atoms with Crippen LogP contribution in [0.3, 0.4) is 0 Å². The Balaban J connectivity index is 1.82. The van der Waals surface area contributed by atoms with E-state index in [1.54, 1.807) is 7.11 Å². The lowest BCUT2D eigenvalue weighted by Gasteiger charge is -2.35. The quantitative estimate of drug-likeness (QED) is 0.755. The number of carbonyl (C=O) groups is 2. The number of amides is 2. The molecule has 20 heavy (non-hydrogen) atoms. The number of hydrogen-bond acceptors (Lipinski definition) is 4. The molecule has 0 aromatic carbocycles. The van der Waals surface area contributed by atoms with Crippen LogP contribution in [0.2, 0.25) is 0 Å². The van der Waals surface area contributed by atoms with Crippen LogP contribution in [0.5, 0.6) is 0 Å². The van der Waals surface area contributed by atoms with Crippen LogP contribution in [0.4, 0.5) is 0 Å². The maximum atomic E-state index is 12.3. The van der Waals surface area contributed by atoms with Crippen molar-refractivity contribution in [2.24, 2.45) is 0 Å². The van der Waals surface area contributed by atoms with Gasteiger partial charge in [-0.05, 0) is 45.2 Å². The molecule has 114 valence electrons. The molecule has 2 N–H and O–H groups in total. The Morgan fingerprint density at radius 1 is 1.20 bits per heavy atom. The summed E-state index contributed by atoms with van der Waals surface area (Å²) in [5, 5.41) is 5.97. The Hall–Kier alpha value is -1.14. The topological polar surface area (TPSA) is 70.7 Å². The maximum Gasteiger partial charge on any atom is 0.252 e. The van der Waals surface area contributed by atoms with Crippen molar-refractivity contribution in [3.8, 4) is 0 Å². The molecule has 0 radical (unpaired) electrons. The van der Waals surface area contributed by atoms with Crippen LogP contribution in [0, 0.1) is 0 Å². The number of likely N-dealkylation sites (tertiary alicyclic amines) is 1. The van der Waals surface area contributed by atoms with Crippen molar-refractivity contribution in [2.45, 2.75) is 37.7 Å². The number of carbonyl (C=O) groups excluding carboxylic acids is 2. The zero-order chi connectivity index (χ0) is 14.4. The summed E-state index contributed by atoms with van der Waals surface area (Å²) in [6.45, 7) is 3.24. The van der Waals surface area contributed by atoms with E-state index < -0.39 is 5.60 Å². The van der Waals surface area contributed by atoms with E-state index in [1.165, 1.54) is 6.42 Å². The fourth-order valence-corrected chi connectivity index (χ4v) is 2.93. The highest BCUT2D eigenvalue weighted by Gasteiger charge is 2.39. The molecule has 2 heterocycles. The first-order valence-corrected chi connectivity index (χ1v) is 7.50. The smallest absolute Gasteiger partial charge is 0.252 e. The lowest BCUT2D eigenvalue weighted by atomic mass is 9.91. The van der Waals surface area contributed by atoms with E-state index in [1.807, 2.05) is 4.90 Å². The van der Waals surface area contributed by atoms with Gasteiger partial charge in [0.15, 0.2) is 0 Å². The standard InChI is InChI=1S/C14H25N3O3/c1-20-14(5-7-15-8-6-14)13(19)16-11-12(18)17-9-3-2-4-10-17/h15H,2-11H2,1H3,(H,16,19). The van der Waals surface area contributed by atoms with Crippen molar-refractivity contribution in [1.82, 2.24) is 15.5 Å². The van der Waals surface area contributed by atoms with E-state index in [0.717, 1.165) is 39.0 Å². The van der Waals surface area contributed by atoms with Crippen molar-refractivity contribution >= 4 is 11.8 Å². The van der Waals surface area contributed by atoms with Gasteiger partial charge in [0, 0.05) is 20.2 Å². The lowest BCUT2D eigenvalue weighted by Crippen LogP contribution is -2.55. The molecule has 0 saturated carbocycles. The SMILES string of the molecule is COC1(C(=O)NCC(=O)N2CCCCC2)CCNCC1. The van der Waals surface area contributed by atoms with Gasteiger partial charge in [0.1, 0.15) is 5.60 Å². The van der Waals surface area contributed by atoms with Crippen LogP contribution >= 0.6 is 0 Å². The summed E-state index contributed by atoms with van der Waals surface area (Å²) in [4.78, 5) is 26.2. The second-order valence-electron chi connectivity index (χ2n) is 5.57. The molecule has 2 saturated heterocycles. The van der Waals surface area contributed by atoms with Gasteiger partial charge in [-0.25, -0.2) is 0 Å². The first-order chi connectivity index (χ1) is 9.68. The molecule has 6 heteroatoms. The first-order valence-electron chi connectivity index (χ1n) is 7.50. The van der Waals surface area contributed by atoms with E-state index in [4.69, 9.17) is 4.74 Å². The summed E-state index contributed by atoms with van der Waals surface area (Å²) < 4.78 is 5.44. The third-order valence-electron chi connectivity index (χ3n) is 4.32. The second-order valence-corrected chi connectivity index (χ2v) is 5.57. The van der Waals surface area contributed by atoms with Gasteiger partial charge >= 0.3 is 0 Å². The van der Waals surface area contributed by atoms with Gasteiger partial charge in [0.2, 0.25) is 5.91 Å². The van der Waals surface area contributed by atoms with Gasteiger partial charge in [0.05, 0.1) is 6.54 Å². The lowest BCUT2D eigenvalue weighted by molar-refractivity contribution is -0.148. The molecular weight excluding hydrogens is 258 g/mol. The van der Waals surface area contributed by atoms with Gasteiger partial charge in [-0.15, -0.1) is 0 Å². The summed E-state index contributed by atoms with van der Waals surface area (Å²) in [5.74, 6) is -0.148. The molecule has 6 nitrogen and oxygen atoms in total. The highest BCUT2D eigenvalue weighted by Crippen LogP contribution is 2.22. The third-order valence-corrected chi connectivity index (χ3v) is 4.32. The van der Waals surface area contributed by atoms with Crippen LogP contribution in [-0.4, -0.2) is 62.1 Å². The molecule has 0 aromatic rings. The molecule has 0 spiro atoms. The minimum atomic E-state index is -0.770. The van der Waals surface area contributed by atoms with Crippen LogP contribution < -0.4 is 10.6 Å². The molecule has 2 fully saturated rings. The molecule has 2 aliphatic rings. The van der Waals surface area contributed by atoms with Crippen LogP contribution in [0.1, 0.15) is 32.1 Å². The minimum absolute atomic E-state index is 0.0123. The van der Waals surface area contributed by atoms with Crippen molar-refractivity contribution in [3.63, 3.8) is 0 Å². The Labute approximate surface area is 120 Å². The van der Waals surface area contributed by atoms with Crippen LogP contribution in [0.15, 0.2) is 0 Å². The Bertz CT molecular complexity index is 348. The average molecular weight is 283 g/mol. The van der Waals surface area contributed by atoms with Gasteiger partial charge in [-0.2, -0.15) is 0 Å². The average Bonchev–Trinajstić information content (AvgIpc) is 2.53. The highest BCUT2D eigenvalue weighted by molar-refractivity contribution is 5.89. The minimum Gasteiger partial charge on any atom is -0.368 e. The highest BCUT2D eigenvalue weighted by atomic mass is 16.5. The number of methoxy groups -OCH3 is 1. The summed E-state index contributed by atoms with van der Waals surface area (Å²) in [6.07, 6.45) is 4.61. The zero-order valence-electron chi connectivity index (χ0n) is 12.2. The zero-order valence-corrected chi connectivity index (χ0v) is 12.2. The van der Waals surface area contributed by atoms with Gasteiger partial charge in [-0.3, -0.25) is 9.59 Å². The van der Waals surface area contributed by atoms with E-state index in [-0.39, 0.29) is 18.4 Å². The number of piperidine rings is 2. The summed E-state index contributed by atoms with van der Waals surface area (Å²) in [5.41, 5.74) is -0.770. The largest absolute Gasteiger partial charge is 0.368 e. The number of hydrogen-bond donors (Lipinski definition) is 2. The van der Waals surface area contributed by atoms with Crippen LogP contribution in [0.25, 0.3) is 0 Å². The first kappa shape index (κ1) is 15.3. The molecule has 0 aliphatic carbocycles. The number of nitrogens with one attached hydrogen (secondary N) is 2. The summed E-state index contributed by atoms with van der Waals surface area (Å²) in [6, 6.07) is 0. The molecule has 0 bridgehead atoms. The Morgan fingerprint density at radius 3 is 2.45 bits per heavy atom. The Kier molecular flexibility index (Phi) is 5.37. The van der Waals surface area contributed by atoms with Crippen LogP contribution in [-0.2, 0) is 14.3 Å². The predicted octanol–water partition coefficient (Wildman–Crippen LogP) is -0.116.